The van der Waals surface area contributed by atoms with Crippen LogP contribution in [0.2, 0.25) is 0 Å². The summed E-state index contributed by atoms with van der Waals surface area (Å²) in [5.74, 6) is 2.67. The molecule has 1 aromatic heterocycles. The predicted molar refractivity (Wildman–Crippen MR) is 94.0 cm³/mol. The van der Waals surface area contributed by atoms with E-state index in [1.165, 1.54) is 38.5 Å². The van der Waals surface area contributed by atoms with Crippen LogP contribution in [-0.2, 0) is 11.3 Å². The Labute approximate surface area is 143 Å². The predicted octanol–water partition coefficient (Wildman–Crippen LogP) is 1.73. The van der Waals surface area contributed by atoms with Crippen molar-refractivity contribution >= 4 is 17.8 Å². The first kappa shape index (κ1) is 16.9. The lowest BCUT2D eigenvalue weighted by Crippen LogP contribution is -2.28. The van der Waals surface area contributed by atoms with E-state index in [-0.39, 0.29) is 5.91 Å². The highest BCUT2D eigenvalue weighted by atomic mass is 16.1. The smallest absolute Gasteiger partial charge is 0.230 e. The van der Waals surface area contributed by atoms with Crippen LogP contribution in [0, 0.1) is 5.92 Å². The zero-order valence-corrected chi connectivity index (χ0v) is 14.8. The van der Waals surface area contributed by atoms with Crippen LogP contribution in [0.15, 0.2) is 0 Å². The summed E-state index contributed by atoms with van der Waals surface area (Å²) in [5.41, 5.74) is 0. The molecule has 1 N–H and O–H groups in total. The summed E-state index contributed by atoms with van der Waals surface area (Å²) in [6.45, 7) is 2.35. The first-order valence-electron chi connectivity index (χ1n) is 9.06. The third kappa shape index (κ3) is 4.33. The van der Waals surface area contributed by atoms with Gasteiger partial charge in [0, 0.05) is 33.6 Å². The molecule has 0 aromatic carbocycles. The average molecular weight is 332 g/mol. The third-order valence-electron chi connectivity index (χ3n) is 4.84. The molecule has 1 aliphatic carbocycles. The summed E-state index contributed by atoms with van der Waals surface area (Å²) in [5, 5.41) is 2.98. The second-order valence-electron chi connectivity index (χ2n) is 7.07. The van der Waals surface area contributed by atoms with E-state index in [1.807, 2.05) is 19.0 Å². The van der Waals surface area contributed by atoms with Crippen LogP contribution in [-0.4, -0.2) is 48.0 Å². The van der Waals surface area contributed by atoms with Crippen molar-refractivity contribution in [2.45, 2.75) is 51.5 Å². The summed E-state index contributed by atoms with van der Waals surface area (Å²) < 4.78 is 0. The number of carbonyl (C=O) groups excluding carboxylic acids is 1. The highest BCUT2D eigenvalue weighted by molar-refractivity contribution is 5.76. The monoisotopic (exact) mass is 332 g/mol. The zero-order valence-electron chi connectivity index (χ0n) is 14.8. The molecule has 3 rings (SSSR count). The standard InChI is InChI=1S/C17H28N6O/c1-22(2)16-19-14(20-17(21-16)23-9-5-6-10-23)12-18-15(24)11-13-7-3-4-8-13/h13H,3-12H2,1-2H3,(H,18,24). The van der Waals surface area contributed by atoms with Gasteiger partial charge in [0.25, 0.3) is 0 Å². The van der Waals surface area contributed by atoms with Gasteiger partial charge in [0.15, 0.2) is 5.82 Å². The van der Waals surface area contributed by atoms with Crippen LogP contribution in [0.1, 0.15) is 50.8 Å². The molecule has 2 fully saturated rings. The number of amides is 1. The number of aromatic nitrogens is 3. The van der Waals surface area contributed by atoms with Crippen molar-refractivity contribution in [2.75, 3.05) is 37.0 Å². The topological polar surface area (TPSA) is 74.2 Å². The van der Waals surface area contributed by atoms with Gasteiger partial charge < -0.3 is 15.1 Å². The lowest BCUT2D eigenvalue weighted by molar-refractivity contribution is -0.122. The second kappa shape index (κ2) is 7.77. The Bertz CT molecular complexity index is 564. The summed E-state index contributed by atoms with van der Waals surface area (Å²) in [4.78, 5) is 29.8. The van der Waals surface area contributed by atoms with E-state index in [2.05, 4.69) is 25.2 Å². The number of carbonyl (C=O) groups is 1. The van der Waals surface area contributed by atoms with Gasteiger partial charge in [-0.05, 0) is 31.6 Å². The van der Waals surface area contributed by atoms with Crippen LogP contribution < -0.4 is 15.1 Å². The Hall–Kier alpha value is -1.92. The van der Waals surface area contributed by atoms with Crippen molar-refractivity contribution in [3.8, 4) is 0 Å². The van der Waals surface area contributed by atoms with Gasteiger partial charge in [-0.1, -0.05) is 12.8 Å². The summed E-state index contributed by atoms with van der Waals surface area (Å²) in [7, 11) is 3.84. The molecule has 132 valence electrons. The molecule has 1 amide bonds. The molecule has 0 radical (unpaired) electrons. The molecule has 1 saturated heterocycles. The fourth-order valence-electron chi connectivity index (χ4n) is 3.46. The highest BCUT2D eigenvalue weighted by Gasteiger charge is 2.20. The van der Waals surface area contributed by atoms with E-state index in [0.29, 0.717) is 30.7 Å². The lowest BCUT2D eigenvalue weighted by Gasteiger charge is -2.19. The van der Waals surface area contributed by atoms with Crippen LogP contribution in [0.25, 0.3) is 0 Å². The molecule has 1 saturated carbocycles. The van der Waals surface area contributed by atoms with Crippen molar-refractivity contribution in [3.63, 3.8) is 0 Å². The lowest BCUT2D eigenvalue weighted by atomic mass is 10.0. The highest BCUT2D eigenvalue weighted by Crippen LogP contribution is 2.27. The molecule has 1 aliphatic heterocycles. The van der Waals surface area contributed by atoms with Crippen molar-refractivity contribution in [1.82, 2.24) is 20.3 Å². The van der Waals surface area contributed by atoms with Gasteiger partial charge in [0.1, 0.15) is 0 Å². The van der Waals surface area contributed by atoms with Gasteiger partial charge in [-0.2, -0.15) is 15.0 Å². The van der Waals surface area contributed by atoms with E-state index in [0.717, 1.165) is 19.0 Å². The molecule has 7 nitrogen and oxygen atoms in total. The molecule has 2 heterocycles. The maximum Gasteiger partial charge on any atom is 0.230 e. The van der Waals surface area contributed by atoms with Crippen LogP contribution in [0.3, 0.4) is 0 Å². The quantitative estimate of drug-likeness (QED) is 0.855. The van der Waals surface area contributed by atoms with E-state index >= 15 is 0 Å². The third-order valence-corrected chi connectivity index (χ3v) is 4.84. The zero-order chi connectivity index (χ0) is 16.9. The number of nitrogens with one attached hydrogen (secondary N) is 1. The maximum absolute atomic E-state index is 12.1. The molecule has 1 aromatic rings. The van der Waals surface area contributed by atoms with E-state index in [9.17, 15) is 4.79 Å². The van der Waals surface area contributed by atoms with Crippen molar-refractivity contribution in [2.24, 2.45) is 5.92 Å². The van der Waals surface area contributed by atoms with E-state index in [4.69, 9.17) is 0 Å². The fraction of sp³-hybridized carbons (Fsp3) is 0.765. The van der Waals surface area contributed by atoms with Crippen LogP contribution >= 0.6 is 0 Å². The SMILES string of the molecule is CN(C)c1nc(CNC(=O)CC2CCCC2)nc(N2CCCC2)n1. The van der Waals surface area contributed by atoms with Gasteiger partial charge in [-0.15, -0.1) is 0 Å². The Morgan fingerprint density at radius 3 is 2.50 bits per heavy atom. The Morgan fingerprint density at radius 1 is 1.12 bits per heavy atom. The van der Waals surface area contributed by atoms with Gasteiger partial charge in [0.05, 0.1) is 6.54 Å². The minimum absolute atomic E-state index is 0.108. The molecule has 0 unspecified atom stereocenters. The maximum atomic E-state index is 12.1. The minimum atomic E-state index is 0.108. The molecular formula is C17H28N6O. The average Bonchev–Trinajstić information content (AvgIpc) is 3.26. The number of rotatable bonds is 6. The molecule has 24 heavy (non-hydrogen) atoms. The molecule has 2 aliphatic rings. The van der Waals surface area contributed by atoms with Gasteiger partial charge in [0.2, 0.25) is 17.8 Å². The largest absolute Gasteiger partial charge is 0.349 e. The van der Waals surface area contributed by atoms with Crippen molar-refractivity contribution < 1.29 is 4.79 Å². The van der Waals surface area contributed by atoms with Crippen molar-refractivity contribution in [3.05, 3.63) is 5.82 Å². The second-order valence-corrected chi connectivity index (χ2v) is 7.07. The summed E-state index contributed by atoms with van der Waals surface area (Å²) in [6.07, 6.45) is 7.87. The molecule has 0 spiro atoms. The number of hydrogen-bond acceptors (Lipinski definition) is 6. The molecule has 7 heteroatoms. The number of anilines is 2. The van der Waals surface area contributed by atoms with Crippen LogP contribution in [0.4, 0.5) is 11.9 Å². The number of hydrogen-bond donors (Lipinski definition) is 1. The Morgan fingerprint density at radius 2 is 1.83 bits per heavy atom. The molecule has 0 bridgehead atoms. The Balaban J connectivity index is 1.63. The van der Waals surface area contributed by atoms with Gasteiger partial charge >= 0.3 is 0 Å². The molecular weight excluding hydrogens is 304 g/mol. The van der Waals surface area contributed by atoms with E-state index in [1.54, 1.807) is 0 Å². The van der Waals surface area contributed by atoms with Gasteiger partial charge in [-0.25, -0.2) is 0 Å². The van der Waals surface area contributed by atoms with Gasteiger partial charge in [-0.3, -0.25) is 4.79 Å². The minimum Gasteiger partial charge on any atom is -0.349 e. The summed E-state index contributed by atoms with van der Waals surface area (Å²) in [6, 6.07) is 0. The normalized spacial score (nSPS) is 18.2. The van der Waals surface area contributed by atoms with Crippen LogP contribution in [0.5, 0.6) is 0 Å². The summed E-state index contributed by atoms with van der Waals surface area (Å²) >= 11 is 0. The molecule has 0 atom stereocenters. The van der Waals surface area contributed by atoms with E-state index < -0.39 is 0 Å². The first-order chi connectivity index (χ1) is 11.6. The fourth-order valence-corrected chi connectivity index (χ4v) is 3.46. The first-order valence-corrected chi connectivity index (χ1v) is 9.06. The number of nitrogens with zero attached hydrogens (tertiary/aromatic N) is 5. The Kier molecular flexibility index (Phi) is 5.48. The van der Waals surface area contributed by atoms with Crippen molar-refractivity contribution in [1.29, 1.82) is 0 Å².